The predicted molar refractivity (Wildman–Crippen MR) is 123 cm³/mol. The van der Waals surface area contributed by atoms with E-state index in [4.69, 9.17) is 0 Å². The van der Waals surface area contributed by atoms with E-state index in [0.717, 1.165) is 16.7 Å². The summed E-state index contributed by atoms with van der Waals surface area (Å²) in [7, 11) is 0. The highest BCUT2D eigenvalue weighted by atomic mass is 16.4. The number of nitrogens with zero attached hydrogens (tertiary/aromatic N) is 1. The van der Waals surface area contributed by atoms with Gasteiger partial charge in [-0.3, -0.25) is 14.4 Å². The van der Waals surface area contributed by atoms with Crippen LogP contribution in [0.2, 0.25) is 0 Å². The predicted octanol–water partition coefficient (Wildman–Crippen LogP) is 2.05. The highest BCUT2D eigenvalue weighted by Gasteiger charge is 2.47. The molecule has 0 saturated carbocycles. The molecule has 2 atom stereocenters. The Balaban J connectivity index is 1.62. The molecule has 0 spiro atoms. The summed E-state index contributed by atoms with van der Waals surface area (Å²) in [4.78, 5) is 51.9. The second-order valence-corrected chi connectivity index (χ2v) is 9.22. The smallest absolute Gasteiger partial charge is 0.326 e. The third kappa shape index (κ3) is 4.81. The van der Waals surface area contributed by atoms with Crippen LogP contribution in [0, 0.1) is 5.41 Å². The van der Waals surface area contributed by atoms with Crippen LogP contribution in [0.15, 0.2) is 54.6 Å². The number of carboxylic acids is 2. The van der Waals surface area contributed by atoms with Crippen molar-refractivity contribution in [3.8, 4) is 0 Å². The lowest BCUT2D eigenvalue weighted by atomic mass is 9.80. The van der Waals surface area contributed by atoms with Gasteiger partial charge in [0.05, 0.1) is 11.8 Å². The van der Waals surface area contributed by atoms with Crippen LogP contribution >= 0.6 is 0 Å². The molecule has 0 unspecified atom stereocenters. The molecule has 1 aliphatic heterocycles. The number of hydrogen-bond donors (Lipinski definition) is 3. The topological polar surface area (TPSA) is 124 Å². The maximum atomic E-state index is 13.6. The van der Waals surface area contributed by atoms with E-state index < -0.39 is 41.3 Å². The van der Waals surface area contributed by atoms with E-state index in [1.54, 1.807) is 0 Å². The van der Waals surface area contributed by atoms with Gasteiger partial charge in [-0.1, -0.05) is 54.6 Å². The van der Waals surface area contributed by atoms with Crippen LogP contribution in [-0.2, 0) is 38.4 Å². The molecule has 4 rings (SSSR count). The van der Waals surface area contributed by atoms with Gasteiger partial charge in [0.2, 0.25) is 11.8 Å². The molecule has 2 amide bonds. The SMILES string of the molecule is O=C(O)CC1(C(=O)N[C@@H](Cc2ccccc2)C(=O)N2CCC[C@H]2C(=O)O)Cc2ccccc2C1. The maximum Gasteiger partial charge on any atom is 0.326 e. The average molecular weight is 465 g/mol. The molecular formula is C26H28N2O6. The molecule has 1 heterocycles. The second kappa shape index (κ2) is 9.67. The van der Waals surface area contributed by atoms with E-state index >= 15 is 0 Å². The molecule has 1 saturated heterocycles. The molecule has 1 fully saturated rings. The molecule has 34 heavy (non-hydrogen) atoms. The molecule has 0 aromatic heterocycles. The summed E-state index contributed by atoms with van der Waals surface area (Å²) in [5.74, 6) is -3.10. The molecule has 3 N–H and O–H groups in total. The monoisotopic (exact) mass is 464 g/mol. The minimum Gasteiger partial charge on any atom is -0.481 e. The van der Waals surface area contributed by atoms with E-state index in [-0.39, 0.29) is 25.7 Å². The van der Waals surface area contributed by atoms with Crippen molar-refractivity contribution in [1.82, 2.24) is 10.2 Å². The molecule has 0 radical (unpaired) electrons. The van der Waals surface area contributed by atoms with E-state index in [9.17, 15) is 29.4 Å². The summed E-state index contributed by atoms with van der Waals surface area (Å²) in [6, 6.07) is 14.7. The fraction of sp³-hybridized carbons (Fsp3) is 0.385. The van der Waals surface area contributed by atoms with Crippen molar-refractivity contribution in [3.05, 3.63) is 71.3 Å². The second-order valence-electron chi connectivity index (χ2n) is 9.22. The number of aliphatic carboxylic acids is 2. The first-order chi connectivity index (χ1) is 16.3. The summed E-state index contributed by atoms with van der Waals surface area (Å²) in [5, 5.41) is 22.0. The van der Waals surface area contributed by atoms with Crippen LogP contribution in [0.3, 0.4) is 0 Å². The quantitative estimate of drug-likeness (QED) is 0.549. The Morgan fingerprint density at radius 1 is 0.971 bits per heavy atom. The standard InChI is InChI=1S/C26H28N2O6/c29-22(30)16-26(14-18-9-4-5-10-19(18)15-26)25(34)27-20(13-17-7-2-1-3-8-17)23(31)28-12-6-11-21(28)24(32)33/h1-5,7-10,20-21H,6,11-16H2,(H,27,34)(H,29,30)(H,32,33)/t20-,21-/m0/s1. The van der Waals surface area contributed by atoms with Crippen LogP contribution in [0.1, 0.15) is 36.0 Å². The van der Waals surface area contributed by atoms with E-state index in [0.29, 0.717) is 19.4 Å². The molecule has 8 nitrogen and oxygen atoms in total. The van der Waals surface area contributed by atoms with Crippen molar-refractivity contribution in [2.24, 2.45) is 5.41 Å². The molecular weight excluding hydrogens is 436 g/mol. The lowest BCUT2D eigenvalue weighted by Crippen LogP contribution is -2.55. The first kappa shape index (κ1) is 23.5. The normalized spacial score (nSPS) is 19.3. The van der Waals surface area contributed by atoms with Crippen molar-refractivity contribution >= 4 is 23.8 Å². The summed E-state index contributed by atoms with van der Waals surface area (Å²) in [6.45, 7) is 0.308. The number of carbonyl (C=O) groups is 4. The molecule has 8 heteroatoms. The first-order valence-electron chi connectivity index (χ1n) is 11.5. The lowest BCUT2D eigenvalue weighted by molar-refractivity contribution is -0.150. The Kier molecular flexibility index (Phi) is 6.68. The van der Waals surface area contributed by atoms with Gasteiger partial charge < -0.3 is 20.4 Å². The van der Waals surface area contributed by atoms with E-state index in [2.05, 4.69) is 5.32 Å². The third-order valence-electron chi connectivity index (χ3n) is 6.85. The number of rotatable bonds is 8. The van der Waals surface area contributed by atoms with Crippen LogP contribution in [0.5, 0.6) is 0 Å². The van der Waals surface area contributed by atoms with Crippen LogP contribution in [0.4, 0.5) is 0 Å². The van der Waals surface area contributed by atoms with Gasteiger partial charge in [-0.05, 0) is 42.4 Å². The minimum absolute atomic E-state index is 0.185. The number of hydrogen-bond acceptors (Lipinski definition) is 4. The average Bonchev–Trinajstić information content (AvgIpc) is 3.44. The van der Waals surface area contributed by atoms with Gasteiger partial charge in [0.25, 0.3) is 0 Å². The number of likely N-dealkylation sites (tertiary alicyclic amines) is 1. The van der Waals surface area contributed by atoms with Crippen molar-refractivity contribution in [2.45, 2.75) is 50.6 Å². The Morgan fingerprint density at radius 2 is 1.59 bits per heavy atom. The Hall–Kier alpha value is -3.68. The Bertz CT molecular complexity index is 1070. The van der Waals surface area contributed by atoms with Gasteiger partial charge in [0.15, 0.2) is 0 Å². The molecule has 1 aliphatic carbocycles. The highest BCUT2D eigenvalue weighted by Crippen LogP contribution is 2.40. The van der Waals surface area contributed by atoms with Gasteiger partial charge in [0, 0.05) is 13.0 Å². The number of carbonyl (C=O) groups excluding carboxylic acids is 2. The van der Waals surface area contributed by atoms with Gasteiger partial charge >= 0.3 is 11.9 Å². The summed E-state index contributed by atoms with van der Waals surface area (Å²) >= 11 is 0. The molecule has 178 valence electrons. The van der Waals surface area contributed by atoms with Gasteiger partial charge in [-0.2, -0.15) is 0 Å². The number of fused-ring (bicyclic) bond motifs is 1. The summed E-state index contributed by atoms with van der Waals surface area (Å²) < 4.78 is 0. The van der Waals surface area contributed by atoms with Crippen molar-refractivity contribution in [3.63, 3.8) is 0 Å². The minimum atomic E-state index is -1.21. The summed E-state index contributed by atoms with van der Waals surface area (Å²) in [6.07, 6.45) is 1.31. The Labute approximate surface area is 197 Å². The van der Waals surface area contributed by atoms with E-state index in [1.165, 1.54) is 4.90 Å². The van der Waals surface area contributed by atoms with Crippen molar-refractivity contribution in [1.29, 1.82) is 0 Å². The summed E-state index contributed by atoms with van der Waals surface area (Å²) in [5.41, 5.74) is 1.46. The zero-order valence-corrected chi connectivity index (χ0v) is 18.8. The Morgan fingerprint density at radius 3 is 2.18 bits per heavy atom. The van der Waals surface area contributed by atoms with Crippen LogP contribution < -0.4 is 5.32 Å². The zero-order chi connectivity index (χ0) is 24.3. The fourth-order valence-electron chi connectivity index (χ4n) is 5.20. The van der Waals surface area contributed by atoms with Gasteiger partial charge in [-0.15, -0.1) is 0 Å². The van der Waals surface area contributed by atoms with Crippen LogP contribution in [-0.4, -0.2) is 57.5 Å². The van der Waals surface area contributed by atoms with Crippen molar-refractivity contribution in [2.75, 3.05) is 6.54 Å². The highest BCUT2D eigenvalue weighted by molar-refractivity contribution is 5.94. The fourth-order valence-corrected chi connectivity index (χ4v) is 5.20. The number of benzene rings is 2. The lowest BCUT2D eigenvalue weighted by Gasteiger charge is -2.31. The largest absolute Gasteiger partial charge is 0.481 e. The van der Waals surface area contributed by atoms with Gasteiger partial charge in [0.1, 0.15) is 12.1 Å². The zero-order valence-electron chi connectivity index (χ0n) is 18.8. The maximum absolute atomic E-state index is 13.6. The number of nitrogens with one attached hydrogen (secondary N) is 1. The third-order valence-corrected chi connectivity index (χ3v) is 6.85. The molecule has 2 aliphatic rings. The molecule has 0 bridgehead atoms. The van der Waals surface area contributed by atoms with Crippen LogP contribution in [0.25, 0.3) is 0 Å². The van der Waals surface area contributed by atoms with E-state index in [1.807, 2.05) is 54.6 Å². The number of amides is 2. The first-order valence-corrected chi connectivity index (χ1v) is 11.5. The molecule has 2 aromatic rings. The van der Waals surface area contributed by atoms with Gasteiger partial charge in [-0.25, -0.2) is 4.79 Å². The molecule has 2 aromatic carbocycles. The van der Waals surface area contributed by atoms with Crippen molar-refractivity contribution < 1.29 is 29.4 Å². The number of carboxylic acid groups (broad SMARTS) is 2.